The van der Waals surface area contributed by atoms with Crippen LogP contribution in [0.3, 0.4) is 0 Å². The van der Waals surface area contributed by atoms with Crippen LogP contribution in [0.25, 0.3) is 10.9 Å². The number of benzene rings is 1. The molecule has 3 atom stereocenters. The molecule has 5 rings (SSSR count). The molecule has 0 unspecified atom stereocenters. The Kier molecular flexibility index (Phi) is 13.5. The Balaban J connectivity index is 1.44. The highest BCUT2D eigenvalue weighted by molar-refractivity contribution is 7.09. The van der Waals surface area contributed by atoms with E-state index >= 15 is 0 Å². The minimum Gasteiger partial charge on any atom is -0.393 e. The molecule has 0 saturated heterocycles. The summed E-state index contributed by atoms with van der Waals surface area (Å²) in [6.07, 6.45) is 3.94. The molecule has 2 aliphatic rings. The Morgan fingerprint density at radius 2 is 1.61 bits per heavy atom. The number of aromatic nitrogens is 2. The normalized spacial score (nSPS) is 24.6. The lowest BCUT2D eigenvalue weighted by molar-refractivity contribution is -0.142. The maximum Gasteiger partial charge on any atom is 0.271 e. The summed E-state index contributed by atoms with van der Waals surface area (Å²) in [6, 6.07) is 5.02. The molecule has 3 aromatic rings. The van der Waals surface area contributed by atoms with Gasteiger partial charge in [0.05, 0.1) is 25.2 Å². The van der Waals surface area contributed by atoms with Crippen LogP contribution in [0.5, 0.6) is 0 Å². The Hall–Kier alpha value is -4.83. The highest BCUT2D eigenvalue weighted by Crippen LogP contribution is 2.28. The molecule has 5 N–H and O–H groups in total. The van der Waals surface area contributed by atoms with Crippen LogP contribution in [0.1, 0.15) is 80.0 Å². The van der Waals surface area contributed by atoms with Gasteiger partial charge in [0.15, 0.2) is 0 Å². The van der Waals surface area contributed by atoms with Crippen molar-refractivity contribution >= 4 is 57.7 Å². The molecule has 1 aliphatic carbocycles. The monoisotopic (exact) mass is 764 g/mol. The van der Waals surface area contributed by atoms with Crippen LogP contribution in [0, 0.1) is 11.8 Å². The number of nitrogens with one attached hydrogen (secondary N) is 4. The smallest absolute Gasteiger partial charge is 0.271 e. The first-order valence-electron chi connectivity index (χ1n) is 18.6. The second kappa shape index (κ2) is 18.0. The molecule has 15 nitrogen and oxygen atoms in total. The Morgan fingerprint density at radius 3 is 2.33 bits per heavy atom. The number of rotatable bonds is 5. The number of aliphatic hydroxyl groups excluding tert-OH is 1. The van der Waals surface area contributed by atoms with E-state index in [1.807, 2.05) is 38.1 Å². The van der Waals surface area contributed by atoms with Gasteiger partial charge in [0.2, 0.25) is 29.5 Å². The Morgan fingerprint density at radius 1 is 0.907 bits per heavy atom. The summed E-state index contributed by atoms with van der Waals surface area (Å²) in [6.45, 7) is 5.08. The maximum absolute atomic E-state index is 13.9. The number of aliphatic hydroxyl groups is 1. The first kappa shape index (κ1) is 40.4. The summed E-state index contributed by atoms with van der Waals surface area (Å²) in [5.41, 5.74) is 1.74. The van der Waals surface area contributed by atoms with Gasteiger partial charge in [-0.25, -0.2) is 4.98 Å². The number of hydrogen-bond acceptors (Lipinski definition) is 9. The minimum absolute atomic E-state index is 0.0691. The van der Waals surface area contributed by atoms with E-state index in [9.17, 15) is 33.9 Å². The van der Waals surface area contributed by atoms with Gasteiger partial charge in [0.1, 0.15) is 22.8 Å². The van der Waals surface area contributed by atoms with Gasteiger partial charge in [-0.2, -0.15) is 0 Å². The van der Waals surface area contributed by atoms with Crippen LogP contribution in [-0.2, 0) is 30.4 Å². The summed E-state index contributed by atoms with van der Waals surface area (Å²) in [7, 11) is 3.02. The molecule has 1 fully saturated rings. The van der Waals surface area contributed by atoms with Gasteiger partial charge < -0.3 is 40.7 Å². The van der Waals surface area contributed by atoms with Crippen molar-refractivity contribution in [2.45, 2.75) is 83.5 Å². The van der Waals surface area contributed by atoms with Gasteiger partial charge in [-0.05, 0) is 56.6 Å². The zero-order valence-corrected chi connectivity index (χ0v) is 32.4. The summed E-state index contributed by atoms with van der Waals surface area (Å²) in [5, 5.41) is 21.5. The van der Waals surface area contributed by atoms with Gasteiger partial charge >= 0.3 is 0 Å². The summed E-state index contributed by atoms with van der Waals surface area (Å²) in [5.74, 6) is -2.95. The molecular formula is C38H52N8O7S. The number of carbonyl (C=O) groups excluding carboxylic acids is 6. The molecule has 2 bridgehead atoms. The van der Waals surface area contributed by atoms with Crippen molar-refractivity contribution in [3.8, 4) is 0 Å². The molecule has 16 heteroatoms. The molecule has 1 aromatic carbocycles. The molecule has 0 radical (unpaired) electrons. The van der Waals surface area contributed by atoms with Crippen molar-refractivity contribution in [3.05, 3.63) is 52.1 Å². The van der Waals surface area contributed by atoms with Crippen LogP contribution >= 0.6 is 11.3 Å². The fourth-order valence-electron chi connectivity index (χ4n) is 7.08. The van der Waals surface area contributed by atoms with Crippen molar-refractivity contribution in [3.63, 3.8) is 0 Å². The maximum atomic E-state index is 13.9. The number of nitrogens with zero attached hydrogens (tertiary/aromatic N) is 4. The van der Waals surface area contributed by atoms with Gasteiger partial charge in [-0.1, -0.05) is 32.0 Å². The lowest BCUT2D eigenvalue weighted by Gasteiger charge is -2.32. The predicted octanol–water partition coefficient (Wildman–Crippen LogP) is 1.98. The zero-order valence-electron chi connectivity index (χ0n) is 31.6. The first-order valence-corrected chi connectivity index (χ1v) is 19.4. The fraction of sp³-hybridized carbons (Fsp3) is 0.553. The average Bonchev–Trinajstić information content (AvgIpc) is 3.79. The van der Waals surface area contributed by atoms with E-state index in [4.69, 9.17) is 0 Å². The number of para-hydroxylation sites is 1. The third-order valence-corrected chi connectivity index (χ3v) is 11.0. The van der Waals surface area contributed by atoms with Crippen LogP contribution in [0.2, 0.25) is 0 Å². The van der Waals surface area contributed by atoms with E-state index in [0.29, 0.717) is 37.1 Å². The Bertz CT molecular complexity index is 1830. The number of H-pyrrole nitrogens is 1. The van der Waals surface area contributed by atoms with Crippen molar-refractivity contribution in [1.29, 1.82) is 0 Å². The number of likely N-dealkylation sites (N-methyl/N-ethyl adjacent to an activating group) is 2. The number of thiazole rings is 1. The lowest BCUT2D eigenvalue weighted by atomic mass is 9.86. The first-order chi connectivity index (χ1) is 25.7. The van der Waals surface area contributed by atoms with Crippen LogP contribution in [0.15, 0.2) is 35.8 Å². The summed E-state index contributed by atoms with van der Waals surface area (Å²) < 4.78 is 0. The second-order valence-electron chi connectivity index (χ2n) is 14.9. The lowest BCUT2D eigenvalue weighted by Crippen LogP contribution is -2.53. The predicted molar refractivity (Wildman–Crippen MR) is 203 cm³/mol. The van der Waals surface area contributed by atoms with E-state index < -0.39 is 53.8 Å². The standard InChI is InChI=1S/C38H52N8O7S/c1-22(2)16-29-35-43-31(21-54-35)34(50)42-30(17-25-18-39-28-9-7-6-8-27(25)28)38(53)45(5)19-32(48)40-23(3)36(51)44(4)14-15-46(20-33(49)41-29)37(52)24-10-12-26(47)13-11-24/h6-9,18,21-24,26,29-30,39,47H,10-17,19-20H2,1-5H3,(H,40,48)(H,41,49)(H,42,50)/t23-,24?,26?,29-,30+/m0/s1. The molecule has 292 valence electrons. The molecule has 54 heavy (non-hydrogen) atoms. The molecule has 1 aliphatic heterocycles. The van der Waals surface area contributed by atoms with Crippen molar-refractivity contribution in [1.82, 2.24) is 40.6 Å². The van der Waals surface area contributed by atoms with E-state index in [1.54, 1.807) is 18.6 Å². The van der Waals surface area contributed by atoms with Crippen LogP contribution in [0.4, 0.5) is 0 Å². The van der Waals surface area contributed by atoms with E-state index in [2.05, 4.69) is 25.9 Å². The number of carbonyl (C=O) groups is 6. The highest BCUT2D eigenvalue weighted by Gasteiger charge is 2.33. The van der Waals surface area contributed by atoms with E-state index in [0.717, 1.165) is 16.5 Å². The van der Waals surface area contributed by atoms with Crippen molar-refractivity contribution in [2.24, 2.45) is 11.8 Å². The van der Waals surface area contributed by atoms with Crippen LogP contribution < -0.4 is 16.0 Å². The quantitative estimate of drug-likeness (QED) is 0.260. The van der Waals surface area contributed by atoms with Crippen molar-refractivity contribution in [2.75, 3.05) is 40.3 Å². The summed E-state index contributed by atoms with van der Waals surface area (Å²) in [4.78, 5) is 93.6. The molecule has 3 heterocycles. The minimum atomic E-state index is -1.07. The zero-order chi connectivity index (χ0) is 39.1. The van der Waals surface area contributed by atoms with Gasteiger partial charge in [0, 0.05) is 62.0 Å². The third kappa shape index (κ3) is 10.2. The number of aromatic amines is 1. The van der Waals surface area contributed by atoms with E-state index in [-0.39, 0.29) is 56.0 Å². The summed E-state index contributed by atoms with van der Waals surface area (Å²) >= 11 is 1.21. The van der Waals surface area contributed by atoms with Gasteiger partial charge in [-0.3, -0.25) is 28.8 Å². The van der Waals surface area contributed by atoms with Crippen molar-refractivity contribution < 1.29 is 33.9 Å². The largest absolute Gasteiger partial charge is 0.393 e. The topological polar surface area (TPSA) is 197 Å². The second-order valence-corrected chi connectivity index (χ2v) is 15.8. The molecule has 0 spiro atoms. The molecule has 2 aromatic heterocycles. The number of hydrogen-bond donors (Lipinski definition) is 5. The highest BCUT2D eigenvalue weighted by atomic mass is 32.1. The van der Waals surface area contributed by atoms with Gasteiger partial charge in [-0.15, -0.1) is 11.3 Å². The molecule has 6 amide bonds. The van der Waals surface area contributed by atoms with Crippen LogP contribution in [-0.4, -0.2) is 124 Å². The third-order valence-electron chi connectivity index (χ3n) is 10.1. The number of fused-ring (bicyclic) bond motifs is 3. The van der Waals surface area contributed by atoms with E-state index in [1.165, 1.54) is 40.0 Å². The average molecular weight is 765 g/mol. The SMILES string of the molecule is CC(C)C[C@@H]1NC(=O)CN(C(=O)C2CCC(O)CC2)CCN(C)C(=O)[C@H](C)NC(=O)CN(C)C(=O)[C@@H](Cc2c[nH]c3ccccc23)NC(=O)c2csc1n2. The molecular weight excluding hydrogens is 713 g/mol. The molecule has 1 saturated carbocycles. The fourth-order valence-corrected chi connectivity index (χ4v) is 7.94. The van der Waals surface area contributed by atoms with Gasteiger partial charge in [0.25, 0.3) is 5.91 Å². The number of amides is 6. The Labute approximate surface area is 319 Å².